The molecule has 2 aromatic carbocycles. The van der Waals surface area contributed by atoms with Crippen molar-refractivity contribution in [3.8, 4) is 11.5 Å². The van der Waals surface area contributed by atoms with Crippen molar-refractivity contribution in [3.05, 3.63) is 82.1 Å². The summed E-state index contributed by atoms with van der Waals surface area (Å²) < 4.78 is 11.1. The summed E-state index contributed by atoms with van der Waals surface area (Å²) in [5.74, 6) is 1.11. The number of halogens is 1. The minimum Gasteiger partial charge on any atom is -0.495 e. The van der Waals surface area contributed by atoms with Gasteiger partial charge in [0.15, 0.2) is 0 Å². The van der Waals surface area contributed by atoms with Crippen LogP contribution in [-0.4, -0.2) is 18.0 Å². The molecule has 3 rings (SSSR count). The molecule has 0 aliphatic rings. The number of hydrogen-bond acceptors (Lipinski definition) is 4. The van der Waals surface area contributed by atoms with Crippen LogP contribution in [0.25, 0.3) is 0 Å². The van der Waals surface area contributed by atoms with Crippen LogP contribution in [0, 0.1) is 13.8 Å². The fraction of sp³-hybridized carbons (Fsp3) is 0.182. The molecule has 0 aliphatic carbocycles. The number of benzene rings is 2. The van der Waals surface area contributed by atoms with Gasteiger partial charge in [-0.25, -0.2) is 0 Å². The summed E-state index contributed by atoms with van der Waals surface area (Å²) in [5.41, 5.74) is 3.92. The molecule has 3 aromatic rings. The summed E-state index contributed by atoms with van der Waals surface area (Å²) in [5, 5.41) is 3.29. The Morgan fingerprint density at radius 2 is 1.89 bits per heavy atom. The zero-order chi connectivity index (χ0) is 20.1. The van der Waals surface area contributed by atoms with Gasteiger partial charge in [-0.05, 0) is 61.4 Å². The summed E-state index contributed by atoms with van der Waals surface area (Å²) >= 11 is 6.12. The SMILES string of the molecule is COc1ccc(NC(=O)c2cc(C)c(OCc3cccnc3)c(C)c2)cc1Cl. The summed E-state index contributed by atoms with van der Waals surface area (Å²) in [4.78, 5) is 16.7. The molecule has 0 bridgehead atoms. The maximum absolute atomic E-state index is 12.6. The molecule has 0 fully saturated rings. The predicted molar refractivity (Wildman–Crippen MR) is 110 cm³/mol. The first-order chi connectivity index (χ1) is 13.5. The Morgan fingerprint density at radius 1 is 1.14 bits per heavy atom. The van der Waals surface area contributed by atoms with E-state index in [1.54, 1.807) is 37.7 Å². The van der Waals surface area contributed by atoms with Crippen LogP contribution in [0.15, 0.2) is 54.9 Å². The van der Waals surface area contributed by atoms with E-state index in [1.807, 2.05) is 38.1 Å². The molecule has 1 aromatic heterocycles. The molecule has 144 valence electrons. The van der Waals surface area contributed by atoms with Crippen molar-refractivity contribution in [3.63, 3.8) is 0 Å². The van der Waals surface area contributed by atoms with Crippen LogP contribution in [0.5, 0.6) is 11.5 Å². The fourth-order valence-corrected chi connectivity index (χ4v) is 3.15. The first-order valence-corrected chi connectivity index (χ1v) is 9.13. The highest BCUT2D eigenvalue weighted by Crippen LogP contribution is 2.29. The van der Waals surface area contributed by atoms with Gasteiger partial charge in [0.1, 0.15) is 18.1 Å². The molecule has 1 amide bonds. The number of hydrogen-bond donors (Lipinski definition) is 1. The van der Waals surface area contributed by atoms with E-state index in [4.69, 9.17) is 21.1 Å². The second kappa shape index (κ2) is 8.76. The minimum atomic E-state index is -0.216. The maximum atomic E-state index is 12.6. The van der Waals surface area contributed by atoms with Crippen molar-refractivity contribution < 1.29 is 14.3 Å². The molecule has 0 aliphatic heterocycles. The number of aromatic nitrogens is 1. The topological polar surface area (TPSA) is 60.5 Å². The fourth-order valence-electron chi connectivity index (χ4n) is 2.90. The predicted octanol–water partition coefficient (Wildman–Crippen LogP) is 5.19. The van der Waals surface area contributed by atoms with Gasteiger partial charge < -0.3 is 14.8 Å². The Bertz CT molecular complexity index is 967. The summed E-state index contributed by atoms with van der Waals surface area (Å²) in [6, 6.07) is 12.6. The van der Waals surface area contributed by atoms with E-state index in [0.29, 0.717) is 28.6 Å². The number of amides is 1. The van der Waals surface area contributed by atoms with Crippen LogP contribution in [0.1, 0.15) is 27.0 Å². The van der Waals surface area contributed by atoms with Crippen LogP contribution in [-0.2, 0) is 6.61 Å². The molecule has 6 heteroatoms. The number of rotatable bonds is 6. The van der Waals surface area contributed by atoms with Gasteiger partial charge in [-0.3, -0.25) is 9.78 Å². The van der Waals surface area contributed by atoms with E-state index in [2.05, 4.69) is 10.3 Å². The van der Waals surface area contributed by atoms with Crippen LogP contribution in [0.3, 0.4) is 0 Å². The quantitative estimate of drug-likeness (QED) is 0.622. The Balaban J connectivity index is 1.74. The van der Waals surface area contributed by atoms with Crippen molar-refractivity contribution in [2.24, 2.45) is 0 Å². The number of methoxy groups -OCH3 is 1. The highest BCUT2D eigenvalue weighted by atomic mass is 35.5. The number of nitrogens with zero attached hydrogens (tertiary/aromatic N) is 1. The van der Waals surface area contributed by atoms with E-state index in [1.165, 1.54) is 0 Å². The molecule has 0 unspecified atom stereocenters. The number of nitrogens with one attached hydrogen (secondary N) is 1. The average molecular weight is 397 g/mol. The molecule has 5 nitrogen and oxygen atoms in total. The number of carbonyl (C=O) groups excluding carboxylic acids is 1. The van der Waals surface area contributed by atoms with Crippen molar-refractivity contribution >= 4 is 23.2 Å². The third-order valence-corrected chi connectivity index (χ3v) is 4.53. The molecule has 1 heterocycles. The second-order valence-corrected chi connectivity index (χ2v) is 6.80. The van der Waals surface area contributed by atoms with Crippen molar-refractivity contribution in [1.29, 1.82) is 0 Å². The van der Waals surface area contributed by atoms with E-state index >= 15 is 0 Å². The molecule has 28 heavy (non-hydrogen) atoms. The molecular formula is C22H21ClN2O3. The Morgan fingerprint density at radius 3 is 2.50 bits per heavy atom. The number of aryl methyl sites for hydroxylation is 2. The second-order valence-electron chi connectivity index (χ2n) is 6.39. The highest BCUT2D eigenvalue weighted by Gasteiger charge is 2.13. The van der Waals surface area contributed by atoms with Crippen LogP contribution in [0.4, 0.5) is 5.69 Å². The van der Waals surface area contributed by atoms with Gasteiger partial charge in [-0.2, -0.15) is 0 Å². The Labute approximate surface area is 169 Å². The highest BCUT2D eigenvalue weighted by molar-refractivity contribution is 6.32. The van der Waals surface area contributed by atoms with E-state index in [-0.39, 0.29) is 5.91 Å². The molecule has 0 saturated carbocycles. The monoisotopic (exact) mass is 396 g/mol. The lowest BCUT2D eigenvalue weighted by molar-refractivity contribution is 0.102. The third kappa shape index (κ3) is 4.61. The van der Waals surface area contributed by atoms with Gasteiger partial charge in [0.25, 0.3) is 5.91 Å². The molecule has 0 radical (unpaired) electrons. The number of ether oxygens (including phenoxy) is 2. The normalized spacial score (nSPS) is 10.4. The van der Waals surface area contributed by atoms with Crippen molar-refractivity contribution in [2.75, 3.05) is 12.4 Å². The summed E-state index contributed by atoms with van der Waals surface area (Å²) in [6.45, 7) is 4.27. The molecule has 0 atom stereocenters. The summed E-state index contributed by atoms with van der Waals surface area (Å²) in [7, 11) is 1.54. The average Bonchev–Trinajstić information content (AvgIpc) is 2.68. The smallest absolute Gasteiger partial charge is 0.255 e. The van der Waals surface area contributed by atoms with E-state index in [9.17, 15) is 4.79 Å². The molecule has 0 saturated heterocycles. The lowest BCUT2D eigenvalue weighted by Crippen LogP contribution is -2.13. The van der Waals surface area contributed by atoms with Gasteiger partial charge in [-0.1, -0.05) is 17.7 Å². The van der Waals surface area contributed by atoms with Crippen LogP contribution >= 0.6 is 11.6 Å². The zero-order valence-corrected chi connectivity index (χ0v) is 16.7. The first-order valence-electron chi connectivity index (χ1n) is 8.75. The van der Waals surface area contributed by atoms with Gasteiger partial charge >= 0.3 is 0 Å². The van der Waals surface area contributed by atoms with Gasteiger partial charge in [0.2, 0.25) is 0 Å². The molecule has 0 spiro atoms. The van der Waals surface area contributed by atoms with Crippen molar-refractivity contribution in [2.45, 2.75) is 20.5 Å². The Hall–Kier alpha value is -3.05. The Kier molecular flexibility index (Phi) is 6.16. The van der Waals surface area contributed by atoms with E-state index in [0.717, 1.165) is 22.4 Å². The summed E-state index contributed by atoms with van der Waals surface area (Å²) in [6.07, 6.45) is 3.50. The zero-order valence-electron chi connectivity index (χ0n) is 16.0. The van der Waals surface area contributed by atoms with Gasteiger partial charge in [0, 0.05) is 29.2 Å². The number of anilines is 1. The molecule has 1 N–H and O–H groups in total. The van der Waals surface area contributed by atoms with Crippen LogP contribution < -0.4 is 14.8 Å². The van der Waals surface area contributed by atoms with Crippen LogP contribution in [0.2, 0.25) is 5.02 Å². The number of pyridine rings is 1. The molecular weight excluding hydrogens is 376 g/mol. The lowest BCUT2D eigenvalue weighted by atomic mass is 10.0. The first kappa shape index (κ1) is 19.7. The standard InChI is InChI=1S/C22H21ClN2O3/c1-14-9-17(22(26)25-18-6-7-20(27-3)19(23)11-18)10-15(2)21(14)28-13-16-5-4-8-24-12-16/h4-12H,13H2,1-3H3,(H,25,26). The van der Waals surface area contributed by atoms with Crippen molar-refractivity contribution in [1.82, 2.24) is 4.98 Å². The maximum Gasteiger partial charge on any atom is 0.255 e. The van der Waals surface area contributed by atoms with E-state index < -0.39 is 0 Å². The van der Waals surface area contributed by atoms with Gasteiger partial charge in [-0.15, -0.1) is 0 Å². The lowest BCUT2D eigenvalue weighted by Gasteiger charge is -2.14. The van der Waals surface area contributed by atoms with Gasteiger partial charge in [0.05, 0.1) is 12.1 Å². The minimum absolute atomic E-state index is 0.216. The number of carbonyl (C=O) groups is 1. The largest absolute Gasteiger partial charge is 0.495 e. The third-order valence-electron chi connectivity index (χ3n) is 4.24.